The van der Waals surface area contributed by atoms with Gasteiger partial charge in [-0.3, -0.25) is 0 Å². The number of nitrogens with two attached hydrogens (primary N) is 1. The smallest absolute Gasteiger partial charge is 0.349 e. The lowest BCUT2D eigenvalue weighted by Gasteiger charge is -2.26. The zero-order valence-electron chi connectivity index (χ0n) is 22.0. The van der Waals surface area contributed by atoms with Gasteiger partial charge in [0.25, 0.3) is 0 Å². The number of fused-ring (bicyclic) bond motifs is 1. The normalized spacial score (nSPS) is 13.8. The van der Waals surface area contributed by atoms with Crippen molar-refractivity contribution < 1.29 is 28.5 Å². The Labute approximate surface area is 242 Å². The number of ether oxygens (including phenoxy) is 5. The molecule has 206 valence electrons. The molecule has 0 radical (unpaired) electrons. The van der Waals surface area contributed by atoms with Gasteiger partial charge in [0.1, 0.15) is 47.0 Å². The van der Waals surface area contributed by atoms with Gasteiger partial charge in [0.2, 0.25) is 5.88 Å². The van der Waals surface area contributed by atoms with E-state index < -0.39 is 11.9 Å². The van der Waals surface area contributed by atoms with E-state index in [0.29, 0.717) is 40.2 Å². The highest BCUT2D eigenvalue weighted by Gasteiger charge is 2.31. The first-order chi connectivity index (χ1) is 19.9. The molecule has 41 heavy (non-hydrogen) atoms. The number of hydrogen-bond donors (Lipinski definition) is 1. The molecule has 4 aromatic rings. The molecule has 0 aromatic heterocycles. The number of esters is 1. The lowest BCUT2D eigenvalue weighted by molar-refractivity contribution is -0.136. The van der Waals surface area contributed by atoms with Crippen molar-refractivity contribution >= 4 is 17.6 Å². The van der Waals surface area contributed by atoms with E-state index in [1.807, 2.05) is 48.5 Å². The summed E-state index contributed by atoms with van der Waals surface area (Å²) in [5, 5.41) is 10.5. The molecular formula is C32H25ClN2O6. The topological polar surface area (TPSA) is 113 Å². The average molecular weight is 569 g/mol. The molecule has 9 heteroatoms. The maximum atomic E-state index is 12.4. The van der Waals surface area contributed by atoms with Gasteiger partial charge in [0.15, 0.2) is 6.61 Å². The van der Waals surface area contributed by atoms with E-state index in [9.17, 15) is 10.1 Å². The Bertz CT molecular complexity index is 1610. The second kappa shape index (κ2) is 12.4. The highest BCUT2D eigenvalue weighted by Crippen LogP contribution is 2.43. The first-order valence-electron chi connectivity index (χ1n) is 12.6. The van der Waals surface area contributed by atoms with Gasteiger partial charge < -0.3 is 29.4 Å². The molecule has 0 bridgehead atoms. The van der Waals surface area contributed by atoms with Gasteiger partial charge in [0.05, 0.1) is 13.0 Å². The second-order valence-electron chi connectivity index (χ2n) is 9.05. The fourth-order valence-corrected chi connectivity index (χ4v) is 4.45. The van der Waals surface area contributed by atoms with Crippen LogP contribution in [0.15, 0.2) is 102 Å². The molecule has 0 saturated carbocycles. The molecule has 1 aliphatic heterocycles. The third kappa shape index (κ3) is 6.55. The van der Waals surface area contributed by atoms with Crippen molar-refractivity contribution in [3.63, 3.8) is 0 Å². The summed E-state index contributed by atoms with van der Waals surface area (Å²) in [7, 11) is 1.57. The fourth-order valence-electron chi connectivity index (χ4n) is 4.32. The third-order valence-corrected chi connectivity index (χ3v) is 6.62. The van der Waals surface area contributed by atoms with Crippen LogP contribution < -0.4 is 29.4 Å². The molecule has 0 saturated heterocycles. The standard InChI is InChI=1S/C32H25ClN2O6/c1-37-23-10-12-25(13-11-23)39-19-30(36)40-26-14-15-27-29(16-26)41-32(35)28(17-34)31(27)21-4-8-24(9-5-21)38-18-20-2-6-22(33)7-3-20/h2-16,31H,18-19,35H2,1H3. The van der Waals surface area contributed by atoms with Crippen molar-refractivity contribution in [2.45, 2.75) is 12.5 Å². The summed E-state index contributed by atoms with van der Waals surface area (Å²) in [5.74, 6) is 1.41. The molecule has 2 N–H and O–H groups in total. The zero-order valence-corrected chi connectivity index (χ0v) is 22.8. The number of hydrogen-bond acceptors (Lipinski definition) is 8. The van der Waals surface area contributed by atoms with Crippen LogP contribution in [0.3, 0.4) is 0 Å². The minimum atomic E-state index is -0.594. The van der Waals surface area contributed by atoms with E-state index in [4.69, 9.17) is 41.0 Å². The Morgan fingerprint density at radius 2 is 1.54 bits per heavy atom. The largest absolute Gasteiger partial charge is 0.497 e. The van der Waals surface area contributed by atoms with Crippen LogP contribution in [0.4, 0.5) is 0 Å². The van der Waals surface area contributed by atoms with Crippen molar-refractivity contribution in [3.05, 3.63) is 124 Å². The first kappa shape index (κ1) is 27.4. The van der Waals surface area contributed by atoms with Crippen LogP contribution in [-0.2, 0) is 11.4 Å². The maximum Gasteiger partial charge on any atom is 0.349 e. The van der Waals surface area contributed by atoms with E-state index in [0.717, 1.165) is 11.1 Å². The van der Waals surface area contributed by atoms with Gasteiger partial charge in [-0.2, -0.15) is 5.26 Å². The molecule has 5 rings (SSSR count). The number of carbonyl (C=O) groups excluding carboxylic acids is 1. The van der Waals surface area contributed by atoms with Crippen LogP contribution in [0.1, 0.15) is 22.6 Å². The average Bonchev–Trinajstić information content (AvgIpc) is 2.99. The molecule has 1 atom stereocenters. The summed E-state index contributed by atoms with van der Waals surface area (Å²) in [5.41, 5.74) is 8.94. The van der Waals surface area contributed by atoms with Crippen molar-refractivity contribution in [3.8, 4) is 34.8 Å². The lowest BCUT2D eigenvalue weighted by atomic mass is 9.83. The highest BCUT2D eigenvalue weighted by molar-refractivity contribution is 6.30. The quantitative estimate of drug-likeness (QED) is 0.189. The van der Waals surface area contributed by atoms with Crippen molar-refractivity contribution in [1.82, 2.24) is 0 Å². The van der Waals surface area contributed by atoms with Gasteiger partial charge in [-0.15, -0.1) is 0 Å². The van der Waals surface area contributed by atoms with Crippen LogP contribution in [0.5, 0.6) is 28.7 Å². The van der Waals surface area contributed by atoms with E-state index in [-0.39, 0.29) is 23.8 Å². The number of benzene rings is 4. The summed E-state index contributed by atoms with van der Waals surface area (Å²) in [6.45, 7) is 0.0967. The minimum Gasteiger partial charge on any atom is -0.497 e. The first-order valence-corrected chi connectivity index (χ1v) is 13.0. The number of nitrogens with zero attached hydrogens (tertiary/aromatic N) is 1. The Balaban J connectivity index is 1.28. The van der Waals surface area contributed by atoms with Gasteiger partial charge in [0, 0.05) is 16.7 Å². The lowest BCUT2D eigenvalue weighted by Crippen LogP contribution is -2.21. The number of rotatable bonds is 9. The molecule has 1 unspecified atom stereocenters. The van der Waals surface area contributed by atoms with Crippen molar-refractivity contribution in [1.29, 1.82) is 5.26 Å². The van der Waals surface area contributed by atoms with E-state index in [1.54, 1.807) is 49.6 Å². The van der Waals surface area contributed by atoms with Gasteiger partial charge in [-0.05, 0) is 65.7 Å². The van der Waals surface area contributed by atoms with Crippen molar-refractivity contribution in [2.24, 2.45) is 5.73 Å². The minimum absolute atomic E-state index is 0.0145. The van der Waals surface area contributed by atoms with Gasteiger partial charge in [-0.1, -0.05) is 41.9 Å². The fraction of sp³-hybridized carbons (Fsp3) is 0.125. The Hall–Kier alpha value is -5.13. The van der Waals surface area contributed by atoms with Gasteiger partial charge in [-0.25, -0.2) is 4.79 Å². The molecule has 0 spiro atoms. The molecule has 8 nitrogen and oxygen atoms in total. The monoisotopic (exact) mass is 568 g/mol. The number of allylic oxidation sites excluding steroid dienone is 1. The molecule has 0 aliphatic carbocycles. The number of methoxy groups -OCH3 is 1. The molecule has 0 amide bonds. The molecule has 1 aliphatic rings. The summed E-state index contributed by atoms with van der Waals surface area (Å²) in [6, 6.07) is 28.9. The summed E-state index contributed by atoms with van der Waals surface area (Å²) < 4.78 is 27.7. The molecule has 1 heterocycles. The van der Waals surface area contributed by atoms with E-state index in [2.05, 4.69) is 6.07 Å². The van der Waals surface area contributed by atoms with Crippen LogP contribution in [0.25, 0.3) is 0 Å². The Morgan fingerprint density at radius 3 is 2.22 bits per heavy atom. The predicted molar refractivity (Wildman–Crippen MR) is 152 cm³/mol. The Kier molecular flexibility index (Phi) is 8.28. The number of halogens is 1. The number of nitriles is 1. The molecule has 0 fully saturated rings. The maximum absolute atomic E-state index is 12.4. The highest BCUT2D eigenvalue weighted by atomic mass is 35.5. The predicted octanol–water partition coefficient (Wildman–Crippen LogP) is 6.13. The van der Waals surface area contributed by atoms with Crippen LogP contribution >= 0.6 is 11.6 Å². The summed E-state index contributed by atoms with van der Waals surface area (Å²) in [4.78, 5) is 12.4. The number of carbonyl (C=O) groups is 1. The third-order valence-electron chi connectivity index (χ3n) is 6.37. The van der Waals surface area contributed by atoms with Crippen LogP contribution in [0.2, 0.25) is 5.02 Å². The summed E-state index contributed by atoms with van der Waals surface area (Å²) in [6.07, 6.45) is 0. The molecule has 4 aromatic carbocycles. The molecular weight excluding hydrogens is 544 g/mol. The zero-order chi connectivity index (χ0) is 28.8. The van der Waals surface area contributed by atoms with E-state index >= 15 is 0 Å². The summed E-state index contributed by atoms with van der Waals surface area (Å²) >= 11 is 5.95. The van der Waals surface area contributed by atoms with Crippen LogP contribution in [-0.4, -0.2) is 19.7 Å². The van der Waals surface area contributed by atoms with Crippen molar-refractivity contribution in [2.75, 3.05) is 13.7 Å². The van der Waals surface area contributed by atoms with Gasteiger partial charge >= 0.3 is 5.97 Å². The Morgan fingerprint density at radius 1 is 0.902 bits per heavy atom. The van der Waals surface area contributed by atoms with E-state index in [1.165, 1.54) is 0 Å². The SMILES string of the molecule is COc1ccc(OCC(=O)Oc2ccc3c(c2)OC(N)=C(C#N)C3c2ccc(OCc3ccc(Cl)cc3)cc2)cc1. The van der Waals surface area contributed by atoms with Crippen LogP contribution in [0, 0.1) is 11.3 Å². The second-order valence-corrected chi connectivity index (χ2v) is 9.48.